The van der Waals surface area contributed by atoms with Gasteiger partial charge >= 0.3 is 5.97 Å². The minimum atomic E-state index is -1.13. The van der Waals surface area contributed by atoms with Gasteiger partial charge in [0.05, 0.1) is 12.7 Å². The topological polar surface area (TPSA) is 81.8 Å². The van der Waals surface area contributed by atoms with Crippen LogP contribution >= 0.6 is 11.8 Å². The Kier molecular flexibility index (Phi) is 4.76. The van der Waals surface area contributed by atoms with Gasteiger partial charge in [-0.1, -0.05) is 11.2 Å². The van der Waals surface area contributed by atoms with E-state index in [1.54, 1.807) is 13.2 Å². The second kappa shape index (κ2) is 6.95. The SMILES string of the molecule is COc1c(OC2CCCSC2)cccc1-c1cc(C(=O)O)no1. The Labute approximate surface area is 137 Å². The van der Waals surface area contributed by atoms with Gasteiger partial charge in [-0.2, -0.15) is 11.8 Å². The Morgan fingerprint density at radius 3 is 3.00 bits per heavy atom. The molecule has 2 aromatic rings. The lowest BCUT2D eigenvalue weighted by atomic mass is 10.1. The summed E-state index contributed by atoms with van der Waals surface area (Å²) >= 11 is 1.88. The molecule has 6 nitrogen and oxygen atoms in total. The van der Waals surface area contributed by atoms with Crippen molar-refractivity contribution >= 4 is 17.7 Å². The van der Waals surface area contributed by atoms with Gasteiger partial charge in [0, 0.05) is 11.8 Å². The molecule has 23 heavy (non-hydrogen) atoms. The summed E-state index contributed by atoms with van der Waals surface area (Å²) in [6.45, 7) is 0. The Morgan fingerprint density at radius 2 is 2.35 bits per heavy atom. The quantitative estimate of drug-likeness (QED) is 0.897. The summed E-state index contributed by atoms with van der Waals surface area (Å²) in [7, 11) is 1.55. The van der Waals surface area contributed by atoms with Gasteiger partial charge in [0.2, 0.25) is 0 Å². The first-order valence-corrected chi connectivity index (χ1v) is 8.46. The van der Waals surface area contributed by atoms with Gasteiger partial charge in [-0.25, -0.2) is 4.79 Å². The summed E-state index contributed by atoms with van der Waals surface area (Å²) in [5, 5.41) is 12.5. The van der Waals surface area contributed by atoms with Crippen molar-refractivity contribution < 1.29 is 23.9 Å². The number of thioether (sulfide) groups is 1. The van der Waals surface area contributed by atoms with Gasteiger partial charge in [-0.15, -0.1) is 0 Å². The minimum Gasteiger partial charge on any atom is -0.492 e. The van der Waals surface area contributed by atoms with Crippen molar-refractivity contribution in [1.29, 1.82) is 0 Å². The van der Waals surface area contributed by atoms with Crippen molar-refractivity contribution in [2.75, 3.05) is 18.6 Å². The molecule has 1 fully saturated rings. The van der Waals surface area contributed by atoms with E-state index in [9.17, 15) is 4.79 Å². The molecule has 1 N–H and O–H groups in total. The van der Waals surface area contributed by atoms with Crippen LogP contribution in [0.15, 0.2) is 28.8 Å². The predicted molar refractivity (Wildman–Crippen MR) is 86.4 cm³/mol. The molecule has 1 atom stereocenters. The highest BCUT2D eigenvalue weighted by atomic mass is 32.2. The van der Waals surface area contributed by atoms with Gasteiger partial charge in [-0.3, -0.25) is 0 Å². The molecule has 1 saturated heterocycles. The molecule has 1 aromatic carbocycles. The number of carboxylic acid groups (broad SMARTS) is 1. The third-order valence-electron chi connectivity index (χ3n) is 3.59. The fraction of sp³-hybridized carbons (Fsp3) is 0.375. The molecule has 1 aromatic heterocycles. The van der Waals surface area contributed by atoms with E-state index in [0.29, 0.717) is 22.8 Å². The van der Waals surface area contributed by atoms with Gasteiger partial charge < -0.3 is 19.1 Å². The zero-order chi connectivity index (χ0) is 16.2. The Morgan fingerprint density at radius 1 is 1.48 bits per heavy atom. The van der Waals surface area contributed by atoms with Crippen LogP contribution < -0.4 is 9.47 Å². The zero-order valence-corrected chi connectivity index (χ0v) is 13.5. The van der Waals surface area contributed by atoms with Crippen LogP contribution in [0.3, 0.4) is 0 Å². The van der Waals surface area contributed by atoms with Crippen LogP contribution in [0.5, 0.6) is 11.5 Å². The molecule has 0 spiro atoms. The number of methoxy groups -OCH3 is 1. The van der Waals surface area contributed by atoms with Crippen molar-refractivity contribution in [3.63, 3.8) is 0 Å². The van der Waals surface area contributed by atoms with E-state index in [-0.39, 0.29) is 11.8 Å². The van der Waals surface area contributed by atoms with Gasteiger partial charge in [0.1, 0.15) is 6.10 Å². The molecule has 0 radical (unpaired) electrons. The van der Waals surface area contributed by atoms with Crippen molar-refractivity contribution in [2.24, 2.45) is 0 Å². The van der Waals surface area contributed by atoms with E-state index in [1.807, 2.05) is 23.9 Å². The first kappa shape index (κ1) is 15.7. The second-order valence-electron chi connectivity index (χ2n) is 5.18. The summed E-state index contributed by atoms with van der Waals surface area (Å²) in [5.74, 6) is 2.49. The monoisotopic (exact) mass is 335 g/mol. The number of rotatable bonds is 5. The molecule has 7 heteroatoms. The van der Waals surface area contributed by atoms with Gasteiger partial charge in [-0.05, 0) is 30.7 Å². The van der Waals surface area contributed by atoms with Crippen LogP contribution in [0.1, 0.15) is 23.3 Å². The van der Waals surface area contributed by atoms with Crippen LogP contribution in [0, 0.1) is 0 Å². The summed E-state index contributed by atoms with van der Waals surface area (Å²) in [5.41, 5.74) is 0.477. The average Bonchev–Trinajstić information content (AvgIpc) is 3.06. The Balaban J connectivity index is 1.90. The molecule has 122 valence electrons. The van der Waals surface area contributed by atoms with E-state index in [2.05, 4.69) is 5.16 Å². The van der Waals surface area contributed by atoms with Crippen molar-refractivity contribution in [3.05, 3.63) is 30.0 Å². The van der Waals surface area contributed by atoms with E-state index in [4.69, 9.17) is 19.1 Å². The minimum absolute atomic E-state index is 0.142. The highest BCUT2D eigenvalue weighted by molar-refractivity contribution is 7.99. The molecular formula is C16H17NO5S. The number of hydrogen-bond acceptors (Lipinski definition) is 6. The maximum Gasteiger partial charge on any atom is 0.358 e. The van der Waals surface area contributed by atoms with E-state index in [1.165, 1.54) is 11.8 Å². The first-order chi connectivity index (χ1) is 11.2. The number of nitrogens with zero attached hydrogens (tertiary/aromatic N) is 1. The number of ether oxygens (including phenoxy) is 2. The summed E-state index contributed by atoms with van der Waals surface area (Å²) in [4.78, 5) is 10.9. The number of carbonyl (C=O) groups is 1. The second-order valence-corrected chi connectivity index (χ2v) is 6.33. The van der Waals surface area contributed by atoms with Crippen LogP contribution in [0.4, 0.5) is 0 Å². The fourth-order valence-corrected chi connectivity index (χ4v) is 3.53. The molecule has 3 rings (SSSR count). The van der Waals surface area contributed by atoms with Crippen LogP contribution in [0.2, 0.25) is 0 Å². The van der Waals surface area contributed by atoms with Crippen molar-refractivity contribution in [3.8, 4) is 22.8 Å². The summed E-state index contributed by atoms with van der Waals surface area (Å²) in [6, 6.07) is 6.83. The lowest BCUT2D eigenvalue weighted by Gasteiger charge is -2.24. The maximum absolute atomic E-state index is 10.9. The molecule has 1 unspecified atom stereocenters. The first-order valence-electron chi connectivity index (χ1n) is 7.31. The largest absolute Gasteiger partial charge is 0.492 e. The number of aromatic carboxylic acids is 1. The normalized spacial score (nSPS) is 17.7. The van der Waals surface area contributed by atoms with Crippen molar-refractivity contribution in [1.82, 2.24) is 5.16 Å². The van der Waals surface area contributed by atoms with Crippen LogP contribution in [-0.4, -0.2) is 41.0 Å². The van der Waals surface area contributed by atoms with Gasteiger partial charge in [0.25, 0.3) is 0 Å². The predicted octanol–water partition coefficient (Wildman–Crippen LogP) is 3.32. The maximum atomic E-state index is 10.9. The third kappa shape index (κ3) is 3.44. The molecule has 0 amide bonds. The lowest BCUT2D eigenvalue weighted by Crippen LogP contribution is -2.23. The fourth-order valence-electron chi connectivity index (χ4n) is 2.50. The third-order valence-corrected chi connectivity index (χ3v) is 4.77. The van der Waals surface area contributed by atoms with Crippen LogP contribution in [0.25, 0.3) is 11.3 Å². The van der Waals surface area contributed by atoms with Gasteiger partial charge in [0.15, 0.2) is 23.0 Å². The van der Waals surface area contributed by atoms with Crippen LogP contribution in [-0.2, 0) is 0 Å². The molecule has 0 saturated carbocycles. The lowest BCUT2D eigenvalue weighted by molar-refractivity contribution is 0.0686. The molecule has 0 bridgehead atoms. The highest BCUT2D eigenvalue weighted by Crippen LogP contribution is 2.39. The summed E-state index contributed by atoms with van der Waals surface area (Å²) < 4.78 is 16.7. The average molecular weight is 335 g/mol. The molecule has 1 aliphatic rings. The smallest absolute Gasteiger partial charge is 0.358 e. The van der Waals surface area contributed by atoms with E-state index >= 15 is 0 Å². The molecule has 2 heterocycles. The zero-order valence-electron chi connectivity index (χ0n) is 12.7. The van der Waals surface area contributed by atoms with E-state index < -0.39 is 5.97 Å². The molecule has 0 aliphatic carbocycles. The van der Waals surface area contributed by atoms with Crippen molar-refractivity contribution in [2.45, 2.75) is 18.9 Å². The summed E-state index contributed by atoms with van der Waals surface area (Å²) in [6.07, 6.45) is 2.31. The number of hydrogen-bond donors (Lipinski definition) is 1. The van der Waals surface area contributed by atoms with E-state index in [0.717, 1.165) is 18.6 Å². The highest BCUT2D eigenvalue weighted by Gasteiger charge is 2.21. The number of aromatic nitrogens is 1. The molecular weight excluding hydrogens is 318 g/mol. The number of carboxylic acids is 1. The Hall–Kier alpha value is -2.15. The molecule has 1 aliphatic heterocycles. The number of benzene rings is 1. The Bertz CT molecular complexity index is 694. The standard InChI is InChI=1S/C16H17NO5S/c1-20-15-11(14-8-12(16(18)19)17-22-14)5-2-6-13(15)21-10-4-3-7-23-9-10/h2,5-6,8,10H,3-4,7,9H2,1H3,(H,18,19). The number of para-hydroxylation sites is 1.